The molecule has 6 nitrogen and oxygen atoms in total. The number of amides is 2. The summed E-state index contributed by atoms with van der Waals surface area (Å²) >= 11 is 0. The van der Waals surface area contributed by atoms with Crippen LogP contribution in [0.4, 0.5) is 0 Å². The van der Waals surface area contributed by atoms with Gasteiger partial charge < -0.3 is 4.74 Å². The van der Waals surface area contributed by atoms with Gasteiger partial charge in [-0.15, -0.1) is 0 Å². The lowest BCUT2D eigenvalue weighted by atomic mass is 9.63. The lowest BCUT2D eigenvalue weighted by Gasteiger charge is -2.37. The molecule has 2 bridgehead atoms. The maximum absolute atomic E-state index is 12.8. The molecule has 0 spiro atoms. The van der Waals surface area contributed by atoms with E-state index >= 15 is 0 Å². The zero-order valence-corrected chi connectivity index (χ0v) is 14.6. The zero-order valence-electron chi connectivity index (χ0n) is 14.6. The van der Waals surface area contributed by atoms with Crippen molar-refractivity contribution in [2.45, 2.75) is 6.42 Å². The molecule has 1 aromatic rings. The summed E-state index contributed by atoms with van der Waals surface area (Å²) in [4.78, 5) is 50.8. The van der Waals surface area contributed by atoms with Crippen molar-refractivity contribution in [2.75, 3.05) is 13.2 Å². The van der Waals surface area contributed by atoms with Gasteiger partial charge in [-0.2, -0.15) is 0 Å². The van der Waals surface area contributed by atoms with Crippen LogP contribution < -0.4 is 0 Å². The molecule has 27 heavy (non-hydrogen) atoms. The highest BCUT2D eigenvalue weighted by Crippen LogP contribution is 2.65. The van der Waals surface area contributed by atoms with Crippen molar-refractivity contribution in [3.63, 3.8) is 0 Å². The summed E-state index contributed by atoms with van der Waals surface area (Å²) in [6.07, 6.45) is 5.27. The Morgan fingerprint density at radius 2 is 1.56 bits per heavy atom. The van der Waals surface area contributed by atoms with Gasteiger partial charge in [0.15, 0.2) is 12.4 Å². The average molecular weight is 365 g/mol. The van der Waals surface area contributed by atoms with Gasteiger partial charge in [0.1, 0.15) is 6.54 Å². The predicted molar refractivity (Wildman–Crippen MR) is 93.1 cm³/mol. The van der Waals surface area contributed by atoms with E-state index in [-0.39, 0.29) is 41.3 Å². The van der Waals surface area contributed by atoms with Gasteiger partial charge >= 0.3 is 5.97 Å². The molecule has 1 heterocycles. The number of rotatable bonds is 5. The molecule has 138 valence electrons. The Morgan fingerprint density at radius 1 is 0.963 bits per heavy atom. The monoisotopic (exact) mass is 365 g/mol. The summed E-state index contributed by atoms with van der Waals surface area (Å²) in [5.41, 5.74) is 0.450. The third kappa shape index (κ3) is 2.46. The first kappa shape index (κ1) is 16.4. The van der Waals surface area contributed by atoms with Crippen LogP contribution in [0.25, 0.3) is 0 Å². The highest BCUT2D eigenvalue weighted by molar-refractivity contribution is 6.08. The largest absolute Gasteiger partial charge is 0.456 e. The topological polar surface area (TPSA) is 80.8 Å². The van der Waals surface area contributed by atoms with Crippen LogP contribution in [0.2, 0.25) is 0 Å². The van der Waals surface area contributed by atoms with Crippen LogP contribution >= 0.6 is 0 Å². The maximum atomic E-state index is 12.8. The van der Waals surface area contributed by atoms with E-state index in [1.807, 2.05) is 0 Å². The van der Waals surface area contributed by atoms with Gasteiger partial charge in [0.05, 0.1) is 11.8 Å². The van der Waals surface area contributed by atoms with Crippen LogP contribution in [0, 0.1) is 35.5 Å². The van der Waals surface area contributed by atoms with E-state index < -0.39 is 19.1 Å². The van der Waals surface area contributed by atoms with E-state index in [1.54, 1.807) is 30.3 Å². The number of carbonyl (C=O) groups is 4. The molecule has 2 amide bonds. The molecule has 6 heteroatoms. The molecule has 2 saturated carbocycles. The summed E-state index contributed by atoms with van der Waals surface area (Å²) in [6.45, 7) is -0.815. The number of nitrogens with zero attached hydrogens (tertiary/aromatic N) is 1. The fourth-order valence-corrected chi connectivity index (χ4v) is 5.20. The first-order valence-electron chi connectivity index (χ1n) is 9.33. The van der Waals surface area contributed by atoms with E-state index in [4.69, 9.17) is 4.74 Å². The van der Waals surface area contributed by atoms with Crippen LogP contribution in [0.1, 0.15) is 16.8 Å². The van der Waals surface area contributed by atoms with Gasteiger partial charge in [-0.25, -0.2) is 0 Å². The molecule has 1 aliphatic heterocycles. The van der Waals surface area contributed by atoms with Crippen molar-refractivity contribution in [3.05, 3.63) is 48.0 Å². The number of likely N-dealkylation sites (tertiary alicyclic amines) is 1. The number of ketones is 1. The SMILES string of the molecule is O=C(CN1C(=O)[C@@H]2[C@@H]3C=C[C@H]([C@H]4C[C@H]34)[C@@H]2C1=O)OCC(=O)c1ccccc1. The third-order valence-corrected chi connectivity index (χ3v) is 6.50. The highest BCUT2D eigenvalue weighted by atomic mass is 16.5. The van der Waals surface area contributed by atoms with E-state index in [1.165, 1.54) is 0 Å². The third-order valence-electron chi connectivity index (χ3n) is 6.50. The molecule has 0 aromatic heterocycles. The van der Waals surface area contributed by atoms with Crippen LogP contribution in [-0.2, 0) is 19.1 Å². The van der Waals surface area contributed by atoms with Gasteiger partial charge in [-0.05, 0) is 30.1 Å². The summed E-state index contributed by atoms with van der Waals surface area (Å²) < 4.78 is 5.02. The van der Waals surface area contributed by atoms with Crippen molar-refractivity contribution in [1.29, 1.82) is 0 Å². The van der Waals surface area contributed by atoms with Crippen LogP contribution in [0.3, 0.4) is 0 Å². The molecule has 1 saturated heterocycles. The van der Waals surface area contributed by atoms with E-state index in [2.05, 4.69) is 12.2 Å². The quantitative estimate of drug-likeness (QED) is 0.342. The number of esters is 1. The lowest BCUT2D eigenvalue weighted by Crippen LogP contribution is -2.40. The Labute approximate surface area is 156 Å². The fraction of sp³-hybridized carbons (Fsp3) is 0.429. The summed E-state index contributed by atoms with van der Waals surface area (Å²) in [5.74, 6) is -0.928. The van der Waals surface area contributed by atoms with E-state index in [0.717, 1.165) is 11.3 Å². The van der Waals surface area contributed by atoms with Crippen molar-refractivity contribution in [3.8, 4) is 0 Å². The van der Waals surface area contributed by atoms with Crippen LogP contribution in [0.5, 0.6) is 0 Å². The fourth-order valence-electron chi connectivity index (χ4n) is 5.20. The molecule has 0 N–H and O–H groups in total. The Hall–Kier alpha value is -2.76. The number of benzene rings is 1. The first-order valence-corrected chi connectivity index (χ1v) is 9.33. The van der Waals surface area contributed by atoms with E-state index in [0.29, 0.717) is 17.4 Å². The summed E-state index contributed by atoms with van der Waals surface area (Å²) in [6, 6.07) is 8.53. The number of ether oxygens (including phenoxy) is 1. The minimum Gasteiger partial charge on any atom is -0.456 e. The van der Waals surface area contributed by atoms with Crippen LogP contribution in [-0.4, -0.2) is 41.6 Å². The Bertz CT molecular complexity index is 840. The normalized spacial score (nSPS) is 35.0. The van der Waals surface area contributed by atoms with Gasteiger partial charge in [-0.3, -0.25) is 24.1 Å². The number of carbonyl (C=O) groups excluding carboxylic acids is 4. The molecule has 0 radical (unpaired) electrons. The molecule has 1 aromatic carbocycles. The van der Waals surface area contributed by atoms with Gasteiger partial charge in [0.2, 0.25) is 11.8 Å². The van der Waals surface area contributed by atoms with Gasteiger partial charge in [0.25, 0.3) is 0 Å². The second-order valence-electron chi connectivity index (χ2n) is 7.87. The Balaban J connectivity index is 1.23. The maximum Gasteiger partial charge on any atom is 0.326 e. The molecule has 5 aliphatic rings. The number of allylic oxidation sites excluding steroid dienone is 2. The van der Waals surface area contributed by atoms with Gasteiger partial charge in [-0.1, -0.05) is 42.5 Å². The minimum absolute atomic E-state index is 0.127. The van der Waals surface area contributed by atoms with Crippen LogP contribution in [0.15, 0.2) is 42.5 Å². The Kier molecular flexibility index (Phi) is 3.57. The summed E-state index contributed by atoms with van der Waals surface area (Å²) in [7, 11) is 0. The number of Topliss-reactive ketones (excluding diaryl/α,β-unsaturated/α-hetero) is 1. The number of hydrogen-bond acceptors (Lipinski definition) is 5. The zero-order chi connectivity index (χ0) is 18.7. The molecule has 3 fully saturated rings. The number of hydrogen-bond donors (Lipinski definition) is 0. The standard InChI is InChI=1S/C21H19NO5/c23-16(11-4-2-1-3-5-11)10-27-17(24)9-22-20(25)18-12-6-7-13(15-8-14(12)15)19(18)21(22)26/h1-7,12-15,18-19H,8-10H2/t12-,13-,14-,15-,18-,19+/m1/s1. The smallest absolute Gasteiger partial charge is 0.326 e. The lowest BCUT2D eigenvalue weighted by molar-refractivity contribution is -0.152. The molecule has 6 rings (SSSR count). The second-order valence-corrected chi connectivity index (χ2v) is 7.87. The molecule has 6 atom stereocenters. The average Bonchev–Trinajstić information content (AvgIpc) is 3.48. The molecule has 4 aliphatic carbocycles. The Morgan fingerprint density at radius 3 is 2.15 bits per heavy atom. The summed E-state index contributed by atoms with van der Waals surface area (Å²) in [5, 5.41) is 0. The second kappa shape index (κ2) is 5.87. The van der Waals surface area contributed by atoms with Crippen molar-refractivity contribution in [2.24, 2.45) is 35.5 Å². The molecular formula is C21H19NO5. The highest BCUT2D eigenvalue weighted by Gasteiger charge is 2.67. The molecule has 0 unspecified atom stereocenters. The first-order chi connectivity index (χ1) is 13.1. The van der Waals surface area contributed by atoms with Crippen molar-refractivity contribution in [1.82, 2.24) is 4.90 Å². The minimum atomic E-state index is -0.731. The number of imide groups is 1. The van der Waals surface area contributed by atoms with Crippen molar-refractivity contribution >= 4 is 23.6 Å². The van der Waals surface area contributed by atoms with Gasteiger partial charge in [0, 0.05) is 5.56 Å². The molecular weight excluding hydrogens is 346 g/mol. The predicted octanol–water partition coefficient (Wildman–Crippen LogP) is 1.47. The van der Waals surface area contributed by atoms with E-state index in [9.17, 15) is 19.2 Å². The van der Waals surface area contributed by atoms with Crippen molar-refractivity contribution < 1.29 is 23.9 Å².